The fraction of sp³-hybridized carbons (Fsp3) is 0.118. The summed E-state index contributed by atoms with van der Waals surface area (Å²) in [4.78, 5) is 35.2. The van der Waals surface area contributed by atoms with E-state index in [0.29, 0.717) is 22.6 Å². The van der Waals surface area contributed by atoms with Crippen LogP contribution in [-0.4, -0.2) is 24.2 Å². The van der Waals surface area contributed by atoms with Crippen LogP contribution in [-0.2, 0) is 4.79 Å². The van der Waals surface area contributed by atoms with E-state index in [1.807, 2.05) is 0 Å². The van der Waals surface area contributed by atoms with Crippen LogP contribution in [0.1, 0.15) is 21.2 Å². The van der Waals surface area contributed by atoms with Crippen LogP contribution in [0.4, 0.5) is 10.5 Å². The highest BCUT2D eigenvalue weighted by Crippen LogP contribution is 2.34. The summed E-state index contributed by atoms with van der Waals surface area (Å²) in [5.41, 5.74) is 1.73. The van der Waals surface area contributed by atoms with Crippen LogP contribution in [0.3, 0.4) is 0 Å². The molecule has 3 amide bonds. The van der Waals surface area contributed by atoms with Crippen molar-refractivity contribution in [2.45, 2.75) is 5.25 Å². The lowest BCUT2D eigenvalue weighted by molar-refractivity contribution is -0.119. The highest BCUT2D eigenvalue weighted by atomic mass is 32.2. The minimum atomic E-state index is -0.545. The molecule has 1 atom stereocenters. The summed E-state index contributed by atoms with van der Waals surface area (Å²) in [6, 6.07) is 13.8. The lowest BCUT2D eigenvalue weighted by Gasteiger charge is -2.10. The largest absolute Gasteiger partial charge is 0.496 e. The van der Waals surface area contributed by atoms with Gasteiger partial charge in [-0.2, -0.15) is 0 Å². The first kappa shape index (κ1) is 16.1. The molecule has 2 aromatic rings. The van der Waals surface area contributed by atoms with Gasteiger partial charge >= 0.3 is 0 Å². The third-order valence-corrected chi connectivity index (χ3v) is 4.55. The Hall–Kier alpha value is -2.80. The number of carbonyl (C=O) groups excluding carboxylic acids is 3. The fourth-order valence-corrected chi connectivity index (χ4v) is 3.18. The Morgan fingerprint density at radius 3 is 2.46 bits per heavy atom. The maximum Gasteiger partial charge on any atom is 0.286 e. The molecule has 1 saturated heterocycles. The maximum absolute atomic E-state index is 12.3. The third kappa shape index (κ3) is 3.26. The van der Waals surface area contributed by atoms with Gasteiger partial charge in [0.2, 0.25) is 5.91 Å². The molecule has 1 unspecified atom stereocenters. The molecule has 1 aliphatic rings. The second-order valence-corrected chi connectivity index (χ2v) is 6.13. The van der Waals surface area contributed by atoms with Gasteiger partial charge in [0.15, 0.2) is 0 Å². The molecule has 24 heavy (non-hydrogen) atoms. The second-order valence-electron chi connectivity index (χ2n) is 5.05. The van der Waals surface area contributed by atoms with Gasteiger partial charge in [0.1, 0.15) is 11.0 Å². The minimum absolute atomic E-state index is 0.289. The predicted octanol–water partition coefficient (Wildman–Crippen LogP) is 2.97. The number of nitrogens with one attached hydrogen (secondary N) is 2. The first-order valence-corrected chi connectivity index (χ1v) is 8.02. The van der Waals surface area contributed by atoms with E-state index in [0.717, 1.165) is 11.8 Å². The zero-order valence-electron chi connectivity index (χ0n) is 12.7. The Kier molecular flexibility index (Phi) is 4.52. The van der Waals surface area contributed by atoms with Crippen LogP contribution in [0.15, 0.2) is 48.5 Å². The molecule has 1 heterocycles. The molecule has 0 saturated carbocycles. The van der Waals surface area contributed by atoms with Crippen LogP contribution in [0.25, 0.3) is 0 Å². The van der Waals surface area contributed by atoms with E-state index in [2.05, 4.69) is 10.6 Å². The summed E-state index contributed by atoms with van der Waals surface area (Å²) >= 11 is 0.945. The highest BCUT2D eigenvalue weighted by molar-refractivity contribution is 8.15. The van der Waals surface area contributed by atoms with E-state index >= 15 is 0 Å². The van der Waals surface area contributed by atoms with E-state index in [1.165, 1.54) is 7.11 Å². The normalized spacial score (nSPS) is 16.6. The standard InChI is InChI=1S/C17H14N2O4S/c1-23-13-5-3-2-4-12(13)15(20)18-11-8-6-10(7-9-11)14-16(21)19-17(22)24-14/h2-9,14H,1H3,(H,18,20)(H,19,21,22). The number of imide groups is 1. The van der Waals surface area contributed by atoms with Gasteiger partial charge in [-0.15, -0.1) is 0 Å². The second kappa shape index (κ2) is 6.76. The van der Waals surface area contributed by atoms with Crippen molar-refractivity contribution in [3.05, 3.63) is 59.7 Å². The smallest absolute Gasteiger partial charge is 0.286 e. The molecule has 0 spiro atoms. The summed E-state index contributed by atoms with van der Waals surface area (Å²) in [5.74, 6) is -0.122. The van der Waals surface area contributed by atoms with Crippen LogP contribution in [0.5, 0.6) is 5.75 Å². The predicted molar refractivity (Wildman–Crippen MR) is 91.3 cm³/mol. The maximum atomic E-state index is 12.3. The van der Waals surface area contributed by atoms with Crippen LogP contribution in [0.2, 0.25) is 0 Å². The third-order valence-electron chi connectivity index (χ3n) is 3.51. The minimum Gasteiger partial charge on any atom is -0.496 e. The SMILES string of the molecule is COc1ccccc1C(=O)Nc1ccc(C2SC(=O)NC2=O)cc1. The van der Waals surface area contributed by atoms with Crippen molar-refractivity contribution in [3.8, 4) is 5.75 Å². The van der Waals surface area contributed by atoms with E-state index in [-0.39, 0.29) is 17.1 Å². The molecule has 0 aliphatic carbocycles. The Morgan fingerprint density at radius 2 is 1.83 bits per heavy atom. The van der Waals surface area contributed by atoms with E-state index in [9.17, 15) is 14.4 Å². The lowest BCUT2D eigenvalue weighted by Crippen LogP contribution is -2.20. The number of hydrogen-bond acceptors (Lipinski definition) is 5. The molecule has 6 nitrogen and oxygen atoms in total. The van der Waals surface area contributed by atoms with Gasteiger partial charge < -0.3 is 10.1 Å². The van der Waals surface area contributed by atoms with Gasteiger partial charge in [0, 0.05) is 5.69 Å². The van der Waals surface area contributed by atoms with E-state index in [1.54, 1.807) is 48.5 Å². The molecule has 1 fully saturated rings. The van der Waals surface area contributed by atoms with E-state index < -0.39 is 5.25 Å². The summed E-state index contributed by atoms with van der Waals surface area (Å²) in [6.07, 6.45) is 0. The van der Waals surface area contributed by atoms with Crippen LogP contribution in [0, 0.1) is 0 Å². The van der Waals surface area contributed by atoms with Gasteiger partial charge in [-0.1, -0.05) is 24.3 Å². The number of ether oxygens (including phenoxy) is 1. The first-order chi connectivity index (χ1) is 11.6. The van der Waals surface area contributed by atoms with Gasteiger partial charge in [-0.05, 0) is 41.6 Å². The van der Waals surface area contributed by atoms with Crippen LogP contribution >= 0.6 is 11.8 Å². The highest BCUT2D eigenvalue weighted by Gasteiger charge is 2.32. The quantitative estimate of drug-likeness (QED) is 0.892. The van der Waals surface area contributed by atoms with Crippen molar-refractivity contribution in [3.63, 3.8) is 0 Å². The van der Waals surface area contributed by atoms with Crippen molar-refractivity contribution in [1.82, 2.24) is 5.32 Å². The van der Waals surface area contributed by atoms with Crippen molar-refractivity contribution < 1.29 is 19.1 Å². The Bertz CT molecular complexity index is 804. The van der Waals surface area contributed by atoms with Crippen LogP contribution < -0.4 is 15.4 Å². The van der Waals surface area contributed by atoms with Gasteiger partial charge in [-0.25, -0.2) is 0 Å². The Balaban J connectivity index is 1.73. The number of amides is 3. The summed E-state index contributed by atoms with van der Waals surface area (Å²) < 4.78 is 5.17. The van der Waals surface area contributed by atoms with E-state index in [4.69, 9.17) is 4.74 Å². The number of carbonyl (C=O) groups is 3. The van der Waals surface area contributed by atoms with Crippen molar-refractivity contribution in [1.29, 1.82) is 0 Å². The molecular weight excluding hydrogens is 328 g/mol. The summed E-state index contributed by atoms with van der Waals surface area (Å²) in [5, 5.41) is 4.13. The molecule has 0 bridgehead atoms. The molecule has 3 rings (SSSR count). The number of benzene rings is 2. The monoisotopic (exact) mass is 342 g/mol. The number of methoxy groups -OCH3 is 1. The first-order valence-electron chi connectivity index (χ1n) is 7.14. The topological polar surface area (TPSA) is 84.5 Å². The molecule has 2 N–H and O–H groups in total. The number of anilines is 1. The van der Waals surface area contributed by atoms with Gasteiger partial charge in [0.05, 0.1) is 12.7 Å². The van der Waals surface area contributed by atoms with Crippen molar-refractivity contribution in [2.24, 2.45) is 0 Å². The zero-order valence-corrected chi connectivity index (χ0v) is 13.6. The molecule has 122 valence electrons. The zero-order chi connectivity index (χ0) is 17.1. The summed E-state index contributed by atoms with van der Waals surface area (Å²) in [7, 11) is 1.51. The molecule has 2 aromatic carbocycles. The Morgan fingerprint density at radius 1 is 1.12 bits per heavy atom. The van der Waals surface area contributed by atoms with Crippen molar-refractivity contribution in [2.75, 3.05) is 12.4 Å². The lowest BCUT2D eigenvalue weighted by atomic mass is 10.1. The number of hydrogen-bond donors (Lipinski definition) is 2. The van der Waals surface area contributed by atoms with Gasteiger partial charge in [-0.3, -0.25) is 19.7 Å². The summed E-state index contributed by atoms with van der Waals surface area (Å²) in [6.45, 7) is 0. The van der Waals surface area contributed by atoms with Gasteiger partial charge in [0.25, 0.3) is 11.1 Å². The molecular formula is C17H14N2O4S. The number of para-hydroxylation sites is 1. The fourth-order valence-electron chi connectivity index (χ4n) is 2.35. The molecule has 1 aliphatic heterocycles. The number of thioether (sulfide) groups is 1. The number of rotatable bonds is 4. The molecule has 0 radical (unpaired) electrons. The Labute approximate surface area is 142 Å². The molecule has 7 heteroatoms. The molecule has 0 aromatic heterocycles. The average molecular weight is 342 g/mol. The van der Waals surface area contributed by atoms with Crippen molar-refractivity contribution >= 4 is 34.5 Å². The average Bonchev–Trinajstić information content (AvgIpc) is 2.94.